The fourth-order valence-electron chi connectivity index (χ4n) is 12.2. The average Bonchev–Trinajstić information content (AvgIpc) is 4.09. The molecule has 1 saturated heterocycles. The third kappa shape index (κ3) is 10.8. The van der Waals surface area contributed by atoms with Crippen LogP contribution in [0.4, 0.5) is 0 Å². The topological polar surface area (TPSA) is 337 Å². The van der Waals surface area contributed by atoms with Crippen LogP contribution in [0.1, 0.15) is 158 Å². The Balaban J connectivity index is 1.32. The summed E-state index contributed by atoms with van der Waals surface area (Å²) in [5.74, 6) is -1.42. The Morgan fingerprint density at radius 1 is 0.936 bits per heavy atom. The standard InChI is InChI=1S/C59H66N4O15/c1-31-53(71)59(73,74)54(75-23-22-63-56(61)62)55(76-31)78-52-40-12-7-11-37(60)15-16-38(67)25-34-9-5-8-33(24-34)14-17-39-44(77-32(2)66)27-36(28-64)45-46(39)51(70)47(40)48(50(45)69)49(68)41(52)26-35-10-6-13-43(42(35)29-65)58(72)21-20-57(30-58)18-3-4-19-57/h5-6,8-10,13-14,17,24,27,29,31,37-38,53-55,64,67-68,71-74H,3-4,12,15-16,18-23,25-26,28,30,60H2,1-2H3,(H4,61,62,63)/b17-14+/t31-,37-,38+,53+,54-,55+,58-/m0/s1. The molecule has 4 aromatic carbocycles. The molecule has 412 valence electrons. The van der Waals surface area contributed by atoms with E-state index in [2.05, 4.69) is 16.8 Å². The van der Waals surface area contributed by atoms with Gasteiger partial charge in [0, 0.05) is 58.7 Å². The third-order valence-electron chi connectivity index (χ3n) is 16.0. The molecular weight excluding hydrogens is 1000 g/mol. The minimum atomic E-state index is -3.11. The van der Waals surface area contributed by atoms with Crippen molar-refractivity contribution in [1.82, 2.24) is 0 Å². The molecule has 78 heavy (non-hydrogen) atoms. The van der Waals surface area contributed by atoms with E-state index < -0.39 is 102 Å². The molecule has 0 aromatic heterocycles. The van der Waals surface area contributed by atoms with E-state index in [1.807, 2.05) is 12.1 Å². The van der Waals surface area contributed by atoms with Gasteiger partial charge in [0.25, 0.3) is 0 Å². The summed E-state index contributed by atoms with van der Waals surface area (Å²) in [6.07, 6.45) is 0.989. The Morgan fingerprint density at radius 2 is 1.68 bits per heavy atom. The normalized spacial score (nSPS) is 25.6. The maximum Gasteiger partial charge on any atom is 0.308 e. The summed E-state index contributed by atoms with van der Waals surface area (Å²) in [7, 11) is 0. The predicted octanol–water partition coefficient (Wildman–Crippen LogP) is 3.49. The number of aliphatic hydroxyl groups excluding tert-OH is 3. The van der Waals surface area contributed by atoms with Crippen LogP contribution < -0.4 is 26.7 Å². The Bertz CT molecular complexity index is 3170. The van der Waals surface area contributed by atoms with Crippen LogP contribution in [-0.4, -0.2) is 121 Å². The number of fused-ring (bicyclic) bond motifs is 2. The average molecular weight is 1070 g/mol. The summed E-state index contributed by atoms with van der Waals surface area (Å²) in [4.78, 5) is 61.7. The monoisotopic (exact) mass is 1070 g/mol. The second-order valence-electron chi connectivity index (χ2n) is 21.4. The van der Waals surface area contributed by atoms with Crippen molar-refractivity contribution in [3.8, 4) is 29.1 Å². The SMILES string of the molecule is CC(=O)Oc1cc(CO)c2c3c1/C=C/c1cccc(c1)C[C@H](O)CC[C@@H](N)C#CCc1c(O[C@H]4O[C@@H](C)[C@@H](O)C(O)(O)[C@H]4OCCN=C(N)N)c(Cc4cccc([C@]5(O)CCC6(CCCC6)C5)c4C=O)c(O)c(c1C3=O)C2=O. The number of hydrogen-bond acceptors (Lipinski definition) is 17. The van der Waals surface area contributed by atoms with Crippen molar-refractivity contribution in [2.45, 2.75) is 146 Å². The van der Waals surface area contributed by atoms with E-state index in [-0.39, 0.29) is 99.8 Å². The molecular formula is C59H66N4O15. The molecule has 1 heterocycles. The lowest BCUT2D eigenvalue weighted by molar-refractivity contribution is -0.378. The van der Waals surface area contributed by atoms with Gasteiger partial charge in [0.1, 0.15) is 23.4 Å². The lowest BCUT2D eigenvalue weighted by atomic mass is 9.75. The highest BCUT2D eigenvalue weighted by Crippen LogP contribution is 2.58. The molecule has 4 aromatic rings. The number of phenolic OH excluding ortho intramolecular Hbond substituents is 1. The molecule has 9 rings (SSSR count). The Morgan fingerprint density at radius 3 is 2.40 bits per heavy atom. The molecule has 7 atom stereocenters. The van der Waals surface area contributed by atoms with Crippen molar-refractivity contribution in [1.29, 1.82) is 0 Å². The molecule has 0 radical (unpaired) electrons. The first kappa shape index (κ1) is 55.9. The third-order valence-corrected chi connectivity index (χ3v) is 16.0. The van der Waals surface area contributed by atoms with Gasteiger partial charge in [-0.3, -0.25) is 24.2 Å². The molecule has 4 aliphatic carbocycles. The molecule has 1 spiro atoms. The molecule has 19 nitrogen and oxygen atoms in total. The minimum Gasteiger partial charge on any atom is -0.507 e. The summed E-state index contributed by atoms with van der Waals surface area (Å²) in [5, 5.41) is 82.0. The van der Waals surface area contributed by atoms with E-state index in [4.69, 9.17) is 36.1 Å². The van der Waals surface area contributed by atoms with Crippen LogP contribution in [-0.2, 0) is 45.7 Å². The van der Waals surface area contributed by atoms with Crippen molar-refractivity contribution >= 4 is 41.9 Å². The van der Waals surface area contributed by atoms with Gasteiger partial charge in [-0.15, -0.1) is 0 Å². The first-order valence-corrected chi connectivity index (χ1v) is 26.3. The summed E-state index contributed by atoms with van der Waals surface area (Å²) in [5.41, 5.74) is 16.1. The number of aromatic hydroxyl groups is 1. The molecule has 13 N–H and O–H groups in total. The lowest BCUT2D eigenvalue weighted by Gasteiger charge is -2.46. The molecule has 2 saturated carbocycles. The number of carbonyl (C=O) groups is 4. The smallest absolute Gasteiger partial charge is 0.308 e. The van der Waals surface area contributed by atoms with Gasteiger partial charge in [0.05, 0.1) is 49.2 Å². The van der Waals surface area contributed by atoms with Crippen LogP contribution in [0.2, 0.25) is 0 Å². The molecule has 5 aliphatic rings. The predicted molar refractivity (Wildman–Crippen MR) is 284 cm³/mol. The van der Waals surface area contributed by atoms with Gasteiger partial charge < -0.3 is 71.9 Å². The van der Waals surface area contributed by atoms with Crippen LogP contribution in [0.15, 0.2) is 53.5 Å². The highest BCUT2D eigenvalue weighted by molar-refractivity contribution is 6.32. The van der Waals surface area contributed by atoms with Crippen molar-refractivity contribution in [2.24, 2.45) is 27.6 Å². The molecule has 4 bridgehead atoms. The van der Waals surface area contributed by atoms with Gasteiger partial charge in [-0.2, -0.15) is 0 Å². The number of benzene rings is 4. The Kier molecular flexibility index (Phi) is 16.1. The first-order chi connectivity index (χ1) is 37.2. The highest BCUT2D eigenvalue weighted by atomic mass is 16.7. The quantitative estimate of drug-likeness (QED) is 0.0125. The number of ketones is 2. The van der Waals surface area contributed by atoms with Crippen LogP contribution in [0.3, 0.4) is 0 Å². The van der Waals surface area contributed by atoms with Gasteiger partial charge in [0.15, 0.2) is 29.9 Å². The maximum absolute atomic E-state index is 16.0. The first-order valence-electron chi connectivity index (χ1n) is 26.3. The maximum atomic E-state index is 16.0. The number of rotatable bonds is 12. The fraction of sp³-hybridized carbons (Fsp3) is 0.441. The zero-order valence-corrected chi connectivity index (χ0v) is 43.5. The number of esters is 1. The minimum absolute atomic E-state index is 0.0484. The summed E-state index contributed by atoms with van der Waals surface area (Å²) in [6, 6.07) is 12.6. The molecule has 19 heteroatoms. The van der Waals surface area contributed by atoms with E-state index in [1.54, 1.807) is 36.4 Å². The number of nitrogens with zero attached hydrogens (tertiary/aromatic N) is 1. The van der Waals surface area contributed by atoms with E-state index in [9.17, 15) is 45.3 Å². The van der Waals surface area contributed by atoms with E-state index >= 15 is 9.59 Å². The number of phenols is 1. The second kappa shape index (κ2) is 22.5. The number of nitrogens with two attached hydrogens (primary N) is 3. The van der Waals surface area contributed by atoms with Crippen molar-refractivity contribution in [3.05, 3.63) is 121 Å². The number of aldehydes is 1. The van der Waals surface area contributed by atoms with Crippen LogP contribution in [0, 0.1) is 17.3 Å². The second-order valence-corrected chi connectivity index (χ2v) is 21.4. The van der Waals surface area contributed by atoms with Gasteiger partial charge in [-0.1, -0.05) is 73.2 Å². The molecule has 0 unspecified atom stereocenters. The summed E-state index contributed by atoms with van der Waals surface area (Å²) >= 11 is 0. The van der Waals surface area contributed by atoms with Crippen molar-refractivity contribution < 1.29 is 73.9 Å². The number of ether oxygens (including phenoxy) is 4. The number of guanidine groups is 1. The van der Waals surface area contributed by atoms with Gasteiger partial charge in [-0.05, 0) is 104 Å². The van der Waals surface area contributed by atoms with E-state index in [0.717, 1.165) is 44.6 Å². The van der Waals surface area contributed by atoms with Crippen LogP contribution in [0.5, 0.6) is 17.2 Å². The van der Waals surface area contributed by atoms with Gasteiger partial charge in [0.2, 0.25) is 12.1 Å². The zero-order chi connectivity index (χ0) is 55.8. The molecule has 0 amide bonds. The van der Waals surface area contributed by atoms with E-state index in [0.29, 0.717) is 30.3 Å². The molecule has 3 fully saturated rings. The van der Waals surface area contributed by atoms with Gasteiger partial charge in [-0.25, -0.2) is 0 Å². The number of aliphatic hydroxyl groups is 6. The highest BCUT2D eigenvalue weighted by Gasteiger charge is 2.56. The molecule has 1 aliphatic heterocycles. The number of aliphatic imine (C=N–C) groups is 1. The summed E-state index contributed by atoms with van der Waals surface area (Å²) < 4.78 is 24.5. The summed E-state index contributed by atoms with van der Waals surface area (Å²) in [6.45, 7) is 1.06. The number of hydrogen-bond donors (Lipinski definition) is 10. The van der Waals surface area contributed by atoms with Crippen molar-refractivity contribution in [3.63, 3.8) is 0 Å². The lowest BCUT2D eigenvalue weighted by Crippen LogP contribution is -2.67. The zero-order valence-electron chi connectivity index (χ0n) is 43.5. The fourth-order valence-corrected chi connectivity index (χ4v) is 12.2. The van der Waals surface area contributed by atoms with Gasteiger partial charge >= 0.3 is 5.97 Å². The van der Waals surface area contributed by atoms with Crippen LogP contribution in [0.25, 0.3) is 12.2 Å². The van der Waals surface area contributed by atoms with Crippen LogP contribution >= 0.6 is 0 Å². The Hall–Kier alpha value is -6.83. The van der Waals surface area contributed by atoms with Crippen molar-refractivity contribution in [2.75, 3.05) is 13.2 Å². The number of carbonyl (C=O) groups excluding carboxylic acids is 4. The van der Waals surface area contributed by atoms with E-state index in [1.165, 1.54) is 19.1 Å². The Labute approximate surface area is 450 Å². The largest absolute Gasteiger partial charge is 0.507 e.